The minimum atomic E-state index is -0.00432. The molecular weight excluding hydrogens is 759 g/mol. The highest BCUT2D eigenvalue weighted by atomic mass is 15.2. The fourth-order valence-corrected chi connectivity index (χ4v) is 11.0. The third kappa shape index (κ3) is 6.55. The maximum Gasteiger partial charge on any atom is 0.252 e. The average molecular weight is 815 g/mol. The Labute approximate surface area is 375 Å². The van der Waals surface area contributed by atoms with Gasteiger partial charge in [-0.05, 0) is 171 Å². The van der Waals surface area contributed by atoms with Gasteiger partial charge in [-0.2, -0.15) is 0 Å². The molecule has 2 aliphatic heterocycles. The average Bonchev–Trinajstić information content (AvgIpc) is 3.58. The van der Waals surface area contributed by atoms with Gasteiger partial charge in [0, 0.05) is 34.0 Å². The first-order valence-electron chi connectivity index (χ1n) is 22.8. The number of hydrogen-bond donors (Lipinski definition) is 0. The molecule has 0 spiro atoms. The summed E-state index contributed by atoms with van der Waals surface area (Å²) in [5, 5.41) is 0. The third-order valence-electron chi connectivity index (χ3n) is 14.1. The Morgan fingerprint density at radius 1 is 0.460 bits per heavy atom. The van der Waals surface area contributed by atoms with Gasteiger partial charge in [-0.15, -0.1) is 0 Å². The van der Waals surface area contributed by atoms with E-state index in [0.29, 0.717) is 0 Å². The summed E-state index contributed by atoms with van der Waals surface area (Å²) < 4.78 is 0. The number of anilines is 6. The molecule has 0 fully saturated rings. The molecule has 0 amide bonds. The summed E-state index contributed by atoms with van der Waals surface area (Å²) >= 11 is 0. The first kappa shape index (κ1) is 39.3. The van der Waals surface area contributed by atoms with Gasteiger partial charge in [-0.1, -0.05) is 150 Å². The van der Waals surface area contributed by atoms with Crippen LogP contribution in [0.5, 0.6) is 0 Å². The van der Waals surface area contributed by atoms with Crippen molar-refractivity contribution in [1.82, 2.24) is 0 Å². The lowest BCUT2D eigenvalue weighted by Crippen LogP contribution is -2.61. The molecule has 0 N–H and O–H groups in total. The topological polar surface area (TPSA) is 6.48 Å². The summed E-state index contributed by atoms with van der Waals surface area (Å²) in [5.74, 6) is 0. The van der Waals surface area contributed by atoms with Gasteiger partial charge >= 0.3 is 0 Å². The lowest BCUT2D eigenvalue weighted by Gasteiger charge is -2.45. The Kier molecular flexibility index (Phi) is 9.04. The molecule has 8 aromatic rings. The third-order valence-corrected chi connectivity index (χ3v) is 14.1. The highest BCUT2D eigenvalue weighted by Gasteiger charge is 2.45. The van der Waals surface area contributed by atoms with Crippen LogP contribution in [0.1, 0.15) is 68.0 Å². The van der Waals surface area contributed by atoms with E-state index in [1.165, 1.54) is 112 Å². The summed E-state index contributed by atoms with van der Waals surface area (Å²) in [5.41, 5.74) is 27.4. The van der Waals surface area contributed by atoms with Gasteiger partial charge in [-0.25, -0.2) is 0 Å². The van der Waals surface area contributed by atoms with Gasteiger partial charge in [0.2, 0.25) is 0 Å². The van der Waals surface area contributed by atoms with Gasteiger partial charge in [-0.3, -0.25) is 0 Å². The first-order valence-corrected chi connectivity index (χ1v) is 22.8. The van der Waals surface area contributed by atoms with Crippen molar-refractivity contribution in [2.24, 2.45) is 5.41 Å². The fraction of sp³-hybridized carbons (Fsp3) is 0.200. The van der Waals surface area contributed by atoms with Crippen LogP contribution >= 0.6 is 0 Å². The second kappa shape index (κ2) is 14.5. The predicted octanol–water partition coefficient (Wildman–Crippen LogP) is 14.1. The van der Waals surface area contributed by atoms with Crippen molar-refractivity contribution >= 4 is 57.2 Å². The molecule has 0 bridgehead atoms. The lowest BCUT2D eigenvalue weighted by atomic mass is 9.33. The summed E-state index contributed by atoms with van der Waals surface area (Å²) in [6.45, 7) is 18.6. The zero-order valence-electron chi connectivity index (χ0n) is 38.0. The molecule has 2 heterocycles. The molecule has 2 nitrogen and oxygen atoms in total. The van der Waals surface area contributed by atoms with Crippen molar-refractivity contribution in [3.05, 3.63) is 197 Å². The van der Waals surface area contributed by atoms with E-state index < -0.39 is 0 Å². The zero-order chi connectivity index (χ0) is 43.4. The Morgan fingerprint density at radius 2 is 1.02 bits per heavy atom. The Morgan fingerprint density at radius 3 is 1.68 bits per heavy atom. The Bertz CT molecular complexity index is 3110. The van der Waals surface area contributed by atoms with E-state index in [1.54, 1.807) is 0 Å². The van der Waals surface area contributed by atoms with Crippen LogP contribution in [0, 0.1) is 26.2 Å². The lowest BCUT2D eigenvalue weighted by molar-refractivity contribution is 0.392. The fourth-order valence-electron chi connectivity index (χ4n) is 11.0. The van der Waals surface area contributed by atoms with Crippen molar-refractivity contribution in [2.45, 2.75) is 73.6 Å². The molecule has 0 saturated carbocycles. The van der Waals surface area contributed by atoms with E-state index in [9.17, 15) is 0 Å². The molecule has 0 saturated heterocycles. The predicted molar refractivity (Wildman–Crippen MR) is 271 cm³/mol. The van der Waals surface area contributed by atoms with Gasteiger partial charge in [0.25, 0.3) is 6.71 Å². The minimum Gasteiger partial charge on any atom is -0.311 e. The van der Waals surface area contributed by atoms with E-state index in [2.05, 4.69) is 229 Å². The highest BCUT2D eigenvalue weighted by molar-refractivity contribution is 7.00. The van der Waals surface area contributed by atoms with E-state index in [1.807, 2.05) is 0 Å². The van der Waals surface area contributed by atoms with Crippen LogP contribution in [0.3, 0.4) is 0 Å². The highest BCUT2D eigenvalue weighted by Crippen LogP contribution is 2.49. The van der Waals surface area contributed by atoms with E-state index in [4.69, 9.17) is 0 Å². The maximum absolute atomic E-state index is 2.65. The van der Waals surface area contributed by atoms with Crippen molar-refractivity contribution in [1.29, 1.82) is 0 Å². The number of benzene rings is 8. The quantitative estimate of drug-likeness (QED) is 0.160. The second-order valence-corrected chi connectivity index (χ2v) is 20.3. The molecule has 3 heteroatoms. The smallest absolute Gasteiger partial charge is 0.252 e. The molecule has 8 aromatic carbocycles. The minimum absolute atomic E-state index is 0.00432. The van der Waals surface area contributed by atoms with Crippen molar-refractivity contribution in [3.8, 4) is 33.4 Å². The number of nitrogens with zero attached hydrogens (tertiary/aromatic N) is 2. The number of rotatable bonds is 5. The van der Waals surface area contributed by atoms with Crippen LogP contribution in [0.15, 0.2) is 164 Å². The molecule has 0 aromatic heterocycles. The molecular formula is C60H55BN2. The number of fused-ring (bicyclic) bond motifs is 5. The molecule has 63 heavy (non-hydrogen) atoms. The van der Waals surface area contributed by atoms with Crippen molar-refractivity contribution in [3.63, 3.8) is 0 Å². The Hall–Kier alpha value is -6.58. The summed E-state index contributed by atoms with van der Waals surface area (Å²) in [6, 6.07) is 62.5. The largest absolute Gasteiger partial charge is 0.311 e. The summed E-state index contributed by atoms with van der Waals surface area (Å²) in [7, 11) is 0. The molecule has 0 atom stereocenters. The van der Waals surface area contributed by atoms with Crippen LogP contribution in [-0.4, -0.2) is 6.71 Å². The maximum atomic E-state index is 2.65. The van der Waals surface area contributed by atoms with Crippen LogP contribution in [-0.2, 0) is 18.3 Å². The van der Waals surface area contributed by atoms with E-state index in [0.717, 1.165) is 18.5 Å². The normalized spacial score (nSPS) is 14.6. The van der Waals surface area contributed by atoms with Crippen molar-refractivity contribution < 1.29 is 0 Å². The van der Waals surface area contributed by atoms with E-state index in [-0.39, 0.29) is 17.5 Å². The number of hydrogen-bond acceptors (Lipinski definition) is 2. The summed E-state index contributed by atoms with van der Waals surface area (Å²) in [6.07, 6.45) is 2.16. The zero-order valence-corrected chi connectivity index (χ0v) is 38.0. The van der Waals surface area contributed by atoms with Crippen LogP contribution in [0.4, 0.5) is 34.1 Å². The van der Waals surface area contributed by atoms with Gasteiger partial charge in [0.05, 0.1) is 5.69 Å². The summed E-state index contributed by atoms with van der Waals surface area (Å²) in [4.78, 5) is 5.20. The Balaban J connectivity index is 1.22. The van der Waals surface area contributed by atoms with Gasteiger partial charge < -0.3 is 9.80 Å². The molecule has 11 rings (SSSR count). The SMILES string of the molecule is Cc1cc2c3c(c1)N(c1ccc(C(C)(C)C)cc1-c1ccccc1)c1cc4c(cc1B3c1cc(-c3ccccc3C)ccc1N2c1ccc(-c2ccccc2C)cc1)CC(C)(C)C4. The molecule has 1 aliphatic carbocycles. The standard InChI is InChI=1S/C60H55BN2/c1-38-30-56-58-57(31-38)63(53-29-25-46(59(4,5)6)35-50(53)41-18-10-9-11-19-41)55-34-45-37-60(7,8)36-44(45)33-52(55)61(58)51-32-43(49-21-15-13-17-40(49)3)24-28-54(51)62(56)47-26-22-42(23-27-47)48-20-14-12-16-39(48)2/h9-35H,36-37H2,1-8H3. The molecule has 0 unspecified atom stereocenters. The van der Waals surface area contributed by atoms with Crippen LogP contribution < -0.4 is 26.2 Å². The van der Waals surface area contributed by atoms with Crippen molar-refractivity contribution in [2.75, 3.05) is 9.80 Å². The molecule has 308 valence electrons. The van der Waals surface area contributed by atoms with Crippen LogP contribution in [0.2, 0.25) is 0 Å². The van der Waals surface area contributed by atoms with Gasteiger partial charge in [0.15, 0.2) is 0 Å². The number of aryl methyl sites for hydroxylation is 3. The first-order chi connectivity index (χ1) is 30.3. The molecule has 3 aliphatic rings. The van der Waals surface area contributed by atoms with Crippen LogP contribution in [0.25, 0.3) is 33.4 Å². The monoisotopic (exact) mass is 814 g/mol. The second-order valence-electron chi connectivity index (χ2n) is 20.3. The van der Waals surface area contributed by atoms with E-state index >= 15 is 0 Å². The van der Waals surface area contributed by atoms with Gasteiger partial charge in [0.1, 0.15) is 0 Å². The molecule has 0 radical (unpaired) electrons.